The Morgan fingerprint density at radius 2 is 1.91 bits per heavy atom. The third kappa shape index (κ3) is 5.23. The van der Waals surface area contributed by atoms with Gasteiger partial charge in [0.05, 0.1) is 11.6 Å². The smallest absolute Gasteiger partial charge is 0.225 e. The van der Waals surface area contributed by atoms with Gasteiger partial charge in [-0.15, -0.1) is 0 Å². The van der Waals surface area contributed by atoms with Crippen LogP contribution in [0.15, 0.2) is 30.5 Å². The molecule has 2 fully saturated rings. The molecule has 0 saturated carbocycles. The number of hydrogen-bond donors (Lipinski definition) is 1. The molecule has 2 aliphatic rings. The van der Waals surface area contributed by atoms with Crippen molar-refractivity contribution in [1.29, 1.82) is 0 Å². The van der Waals surface area contributed by atoms with Gasteiger partial charge in [0.2, 0.25) is 11.9 Å². The standard InChI is InChI=1S/C24H31F2N5O/c1-16(2)28-23(32)19-15-30(13-17-6-7-20(25)21(26)12-17)14-18(19)22-8-9-27-24(29-22)31-10-4-3-5-11-31/h6-9,12,16,18-19H,3-5,10-11,13-15H2,1-2H3,(H,28,32)/t18-,19-/m0/s1. The second-order valence-corrected chi connectivity index (χ2v) is 9.15. The van der Waals surface area contributed by atoms with Crippen molar-refractivity contribution in [2.24, 2.45) is 5.92 Å². The minimum absolute atomic E-state index is 0.00378. The number of nitrogens with one attached hydrogen (secondary N) is 1. The van der Waals surface area contributed by atoms with Crippen molar-refractivity contribution in [3.05, 3.63) is 53.4 Å². The van der Waals surface area contributed by atoms with E-state index in [2.05, 4.69) is 20.1 Å². The van der Waals surface area contributed by atoms with Crippen molar-refractivity contribution >= 4 is 11.9 Å². The van der Waals surface area contributed by atoms with Gasteiger partial charge in [-0.3, -0.25) is 9.69 Å². The average molecular weight is 444 g/mol. The number of halogens is 2. The van der Waals surface area contributed by atoms with Gasteiger partial charge in [-0.25, -0.2) is 18.7 Å². The highest BCUT2D eigenvalue weighted by Crippen LogP contribution is 2.34. The molecule has 2 saturated heterocycles. The van der Waals surface area contributed by atoms with Crippen molar-refractivity contribution in [1.82, 2.24) is 20.2 Å². The summed E-state index contributed by atoms with van der Waals surface area (Å²) in [7, 11) is 0. The van der Waals surface area contributed by atoms with Gasteiger partial charge in [0, 0.05) is 50.9 Å². The van der Waals surface area contributed by atoms with Crippen LogP contribution in [0.4, 0.5) is 14.7 Å². The molecule has 1 aromatic heterocycles. The summed E-state index contributed by atoms with van der Waals surface area (Å²) in [5, 5.41) is 3.03. The number of hydrogen-bond acceptors (Lipinski definition) is 5. The van der Waals surface area contributed by atoms with Crippen LogP contribution in [0.1, 0.15) is 50.3 Å². The predicted molar refractivity (Wildman–Crippen MR) is 119 cm³/mol. The molecule has 4 rings (SSSR count). The molecule has 2 aromatic rings. The van der Waals surface area contributed by atoms with Crippen molar-refractivity contribution in [3.63, 3.8) is 0 Å². The lowest BCUT2D eigenvalue weighted by atomic mass is 9.91. The molecule has 0 spiro atoms. The summed E-state index contributed by atoms with van der Waals surface area (Å²) >= 11 is 0. The first kappa shape index (κ1) is 22.6. The zero-order valence-corrected chi connectivity index (χ0v) is 18.7. The summed E-state index contributed by atoms with van der Waals surface area (Å²) in [6.07, 6.45) is 5.29. The van der Waals surface area contributed by atoms with E-state index in [0.717, 1.165) is 43.6 Å². The van der Waals surface area contributed by atoms with Gasteiger partial charge >= 0.3 is 0 Å². The molecule has 1 N–H and O–H groups in total. The number of rotatable bonds is 6. The van der Waals surface area contributed by atoms with Crippen LogP contribution in [0.5, 0.6) is 0 Å². The van der Waals surface area contributed by atoms with E-state index in [1.165, 1.54) is 12.5 Å². The van der Waals surface area contributed by atoms with Crippen LogP contribution in [0.25, 0.3) is 0 Å². The molecule has 0 bridgehead atoms. The molecule has 6 nitrogen and oxygen atoms in total. The first-order chi connectivity index (χ1) is 15.4. The fourth-order valence-corrected chi connectivity index (χ4v) is 4.68. The highest BCUT2D eigenvalue weighted by atomic mass is 19.2. The van der Waals surface area contributed by atoms with E-state index < -0.39 is 11.6 Å². The molecule has 0 radical (unpaired) electrons. The van der Waals surface area contributed by atoms with E-state index in [1.54, 1.807) is 12.3 Å². The minimum Gasteiger partial charge on any atom is -0.354 e. The number of nitrogens with zero attached hydrogens (tertiary/aromatic N) is 4. The highest BCUT2D eigenvalue weighted by Gasteiger charge is 2.39. The average Bonchev–Trinajstić information content (AvgIpc) is 3.21. The number of aromatic nitrogens is 2. The Hall–Kier alpha value is -2.61. The monoisotopic (exact) mass is 443 g/mol. The van der Waals surface area contributed by atoms with Gasteiger partial charge in [-0.2, -0.15) is 0 Å². The Balaban J connectivity index is 1.56. The lowest BCUT2D eigenvalue weighted by molar-refractivity contribution is -0.125. The van der Waals surface area contributed by atoms with E-state index in [4.69, 9.17) is 4.98 Å². The maximum absolute atomic E-state index is 13.7. The van der Waals surface area contributed by atoms with Gasteiger partial charge in [0.15, 0.2) is 11.6 Å². The number of amides is 1. The zero-order valence-electron chi connectivity index (χ0n) is 18.7. The third-order valence-corrected chi connectivity index (χ3v) is 6.24. The highest BCUT2D eigenvalue weighted by molar-refractivity contribution is 5.80. The number of piperidine rings is 1. The fraction of sp³-hybridized carbons (Fsp3) is 0.542. The second kappa shape index (κ2) is 9.90. The molecular weight excluding hydrogens is 412 g/mol. The molecule has 3 heterocycles. The lowest BCUT2D eigenvalue weighted by Crippen LogP contribution is -2.38. The Kier molecular flexibility index (Phi) is 6.98. The number of carbonyl (C=O) groups is 1. The van der Waals surface area contributed by atoms with Crippen LogP contribution in [-0.4, -0.2) is 53.0 Å². The minimum atomic E-state index is -0.853. The molecule has 2 aliphatic heterocycles. The van der Waals surface area contributed by atoms with Crippen molar-refractivity contribution in [3.8, 4) is 0 Å². The maximum atomic E-state index is 13.7. The number of carbonyl (C=O) groups excluding carboxylic acids is 1. The molecule has 8 heteroatoms. The second-order valence-electron chi connectivity index (χ2n) is 9.15. The van der Waals surface area contributed by atoms with Gasteiger partial charge in [-0.05, 0) is 56.9 Å². The molecule has 32 heavy (non-hydrogen) atoms. The van der Waals surface area contributed by atoms with E-state index in [0.29, 0.717) is 25.2 Å². The number of likely N-dealkylation sites (tertiary alicyclic amines) is 1. The first-order valence-electron chi connectivity index (χ1n) is 11.5. The van der Waals surface area contributed by atoms with Crippen LogP contribution in [0.3, 0.4) is 0 Å². The van der Waals surface area contributed by atoms with Crippen LogP contribution < -0.4 is 10.2 Å². The zero-order chi connectivity index (χ0) is 22.7. The number of benzene rings is 1. The van der Waals surface area contributed by atoms with Gasteiger partial charge in [0.1, 0.15) is 0 Å². The van der Waals surface area contributed by atoms with Gasteiger partial charge < -0.3 is 10.2 Å². The predicted octanol–water partition coefficient (Wildman–Crippen LogP) is 3.49. The summed E-state index contributed by atoms with van der Waals surface area (Å²) < 4.78 is 27.0. The van der Waals surface area contributed by atoms with Crippen LogP contribution >= 0.6 is 0 Å². The Labute approximate surface area is 188 Å². The van der Waals surface area contributed by atoms with Crippen molar-refractivity contribution in [2.45, 2.75) is 51.6 Å². The van der Waals surface area contributed by atoms with Crippen LogP contribution in [-0.2, 0) is 11.3 Å². The lowest BCUT2D eigenvalue weighted by Gasteiger charge is -2.27. The summed E-state index contributed by atoms with van der Waals surface area (Å²) in [4.78, 5) is 26.7. The Morgan fingerprint density at radius 3 is 2.62 bits per heavy atom. The molecule has 0 unspecified atom stereocenters. The molecule has 0 aliphatic carbocycles. The fourth-order valence-electron chi connectivity index (χ4n) is 4.68. The summed E-state index contributed by atoms with van der Waals surface area (Å²) in [5.74, 6) is -1.35. The van der Waals surface area contributed by atoms with E-state index in [9.17, 15) is 13.6 Å². The van der Waals surface area contributed by atoms with E-state index >= 15 is 0 Å². The van der Waals surface area contributed by atoms with Gasteiger partial charge in [0.25, 0.3) is 0 Å². The van der Waals surface area contributed by atoms with Gasteiger partial charge in [-0.1, -0.05) is 6.07 Å². The van der Waals surface area contributed by atoms with E-state index in [-0.39, 0.29) is 23.8 Å². The molecule has 1 aromatic carbocycles. The molecular formula is C24H31F2N5O. The van der Waals surface area contributed by atoms with Crippen molar-refractivity contribution in [2.75, 3.05) is 31.1 Å². The largest absolute Gasteiger partial charge is 0.354 e. The maximum Gasteiger partial charge on any atom is 0.225 e. The Bertz CT molecular complexity index is 948. The van der Waals surface area contributed by atoms with Crippen LogP contribution in [0.2, 0.25) is 0 Å². The quantitative estimate of drug-likeness (QED) is 0.741. The SMILES string of the molecule is CC(C)NC(=O)[C@H]1CN(Cc2ccc(F)c(F)c2)C[C@@H]1c1ccnc(N2CCCCC2)n1. The molecule has 1 amide bonds. The third-order valence-electron chi connectivity index (χ3n) is 6.24. The summed E-state index contributed by atoms with van der Waals surface area (Å²) in [6.45, 7) is 7.39. The Morgan fingerprint density at radius 1 is 1.12 bits per heavy atom. The first-order valence-corrected chi connectivity index (χ1v) is 11.5. The summed E-state index contributed by atoms with van der Waals surface area (Å²) in [5.41, 5.74) is 1.54. The molecule has 2 atom stereocenters. The number of anilines is 1. The van der Waals surface area contributed by atoms with Crippen molar-refractivity contribution < 1.29 is 13.6 Å². The molecule has 172 valence electrons. The summed E-state index contributed by atoms with van der Waals surface area (Å²) in [6, 6.07) is 5.91. The van der Waals surface area contributed by atoms with E-state index in [1.807, 2.05) is 19.9 Å². The van der Waals surface area contributed by atoms with Crippen LogP contribution in [0, 0.1) is 17.6 Å². The topological polar surface area (TPSA) is 61.4 Å². The normalized spacial score (nSPS) is 21.8.